The van der Waals surface area contributed by atoms with Crippen LogP contribution in [0.5, 0.6) is 0 Å². The molecule has 4 rings (SSSR count). The first-order chi connectivity index (χ1) is 15.4. The van der Waals surface area contributed by atoms with Gasteiger partial charge in [-0.05, 0) is 90.2 Å². The highest BCUT2D eigenvalue weighted by Crippen LogP contribution is 2.49. The van der Waals surface area contributed by atoms with Crippen LogP contribution in [0.1, 0.15) is 108 Å². The fourth-order valence-corrected chi connectivity index (χ4v) is 6.74. The molecule has 0 nitrogen and oxygen atoms in total. The number of rotatable bonds is 6. The normalized spacial score (nSPS) is 29.8. The lowest BCUT2D eigenvalue weighted by atomic mass is 9.62. The Kier molecular flexibility index (Phi) is 7.43. The van der Waals surface area contributed by atoms with Crippen LogP contribution in [0.15, 0.2) is 48.5 Å². The molecule has 1 unspecified atom stereocenters. The van der Waals surface area contributed by atoms with E-state index in [1.165, 1.54) is 44.1 Å². The van der Waals surface area contributed by atoms with E-state index in [4.69, 9.17) is 0 Å². The summed E-state index contributed by atoms with van der Waals surface area (Å²) in [7, 11) is 0. The van der Waals surface area contributed by atoms with Gasteiger partial charge in [-0.1, -0.05) is 95.5 Å². The van der Waals surface area contributed by atoms with Crippen molar-refractivity contribution in [3.8, 4) is 0 Å². The number of hydrogen-bond donors (Lipinski definition) is 0. The molecule has 1 heteroatoms. The van der Waals surface area contributed by atoms with Gasteiger partial charge in [0.15, 0.2) is 0 Å². The molecule has 0 radical (unpaired) electrons. The van der Waals surface area contributed by atoms with Crippen molar-refractivity contribution in [2.75, 3.05) is 0 Å². The standard InChI is InChI=1S/C31H43F/c1-22(2)25-13-8-14-26(20-25)29-17-9-15-27(30(29)32)19-23(3)31(4)18-10-16-28(21-31)24-11-6-5-7-12-24/h5-7,9,11-12,15,17,22-23,25-26,28H,8,10,13-14,16,18-21H2,1-4H3/t23?,25-,26+,28+,31+/m1/s1. The van der Waals surface area contributed by atoms with Crippen molar-refractivity contribution in [2.24, 2.45) is 23.2 Å². The zero-order chi connectivity index (χ0) is 22.7. The van der Waals surface area contributed by atoms with E-state index in [0.29, 0.717) is 23.7 Å². The van der Waals surface area contributed by atoms with Gasteiger partial charge < -0.3 is 0 Å². The van der Waals surface area contributed by atoms with Gasteiger partial charge in [0, 0.05) is 0 Å². The Balaban J connectivity index is 1.48. The van der Waals surface area contributed by atoms with E-state index in [1.54, 1.807) is 0 Å². The van der Waals surface area contributed by atoms with Crippen molar-refractivity contribution >= 4 is 0 Å². The molecule has 0 N–H and O–H groups in total. The third-order valence-electron chi connectivity index (χ3n) is 9.21. The van der Waals surface area contributed by atoms with Gasteiger partial charge in [-0.3, -0.25) is 0 Å². The number of hydrogen-bond acceptors (Lipinski definition) is 0. The summed E-state index contributed by atoms with van der Waals surface area (Å²) in [6, 6.07) is 17.3. The molecule has 2 aliphatic rings. The summed E-state index contributed by atoms with van der Waals surface area (Å²) in [5, 5.41) is 0. The van der Waals surface area contributed by atoms with Crippen molar-refractivity contribution in [1.29, 1.82) is 0 Å². The second kappa shape index (κ2) is 10.1. The van der Waals surface area contributed by atoms with E-state index >= 15 is 4.39 Å². The van der Waals surface area contributed by atoms with E-state index in [2.05, 4.69) is 76.2 Å². The Morgan fingerprint density at radius 2 is 1.66 bits per heavy atom. The van der Waals surface area contributed by atoms with Gasteiger partial charge in [0.05, 0.1) is 0 Å². The zero-order valence-electron chi connectivity index (χ0n) is 20.7. The molecule has 2 aromatic carbocycles. The van der Waals surface area contributed by atoms with E-state index in [9.17, 15) is 0 Å². The van der Waals surface area contributed by atoms with Crippen LogP contribution in [-0.4, -0.2) is 0 Å². The summed E-state index contributed by atoms with van der Waals surface area (Å²) in [5.74, 6) is 3.07. The van der Waals surface area contributed by atoms with E-state index in [0.717, 1.165) is 36.3 Å². The molecule has 2 saturated carbocycles. The summed E-state index contributed by atoms with van der Waals surface area (Å²) in [6.45, 7) is 9.49. The van der Waals surface area contributed by atoms with Crippen molar-refractivity contribution in [3.63, 3.8) is 0 Å². The molecule has 174 valence electrons. The number of benzene rings is 2. The minimum Gasteiger partial charge on any atom is -0.206 e. The third-order valence-corrected chi connectivity index (χ3v) is 9.21. The maximum atomic E-state index is 15.8. The first kappa shape index (κ1) is 23.5. The Morgan fingerprint density at radius 1 is 0.906 bits per heavy atom. The van der Waals surface area contributed by atoms with Gasteiger partial charge in [0.1, 0.15) is 5.82 Å². The fraction of sp³-hybridized carbons (Fsp3) is 0.613. The minimum absolute atomic E-state index is 0.104. The van der Waals surface area contributed by atoms with Gasteiger partial charge in [-0.2, -0.15) is 0 Å². The highest BCUT2D eigenvalue weighted by molar-refractivity contribution is 5.30. The maximum absolute atomic E-state index is 15.8. The lowest BCUT2D eigenvalue weighted by Crippen LogP contribution is -2.32. The fourth-order valence-electron chi connectivity index (χ4n) is 6.74. The Hall–Kier alpha value is -1.63. The van der Waals surface area contributed by atoms with Crippen molar-refractivity contribution < 1.29 is 4.39 Å². The van der Waals surface area contributed by atoms with Gasteiger partial charge in [0.25, 0.3) is 0 Å². The Bertz CT molecular complexity index is 869. The van der Waals surface area contributed by atoms with Crippen LogP contribution in [0.25, 0.3) is 0 Å². The third kappa shape index (κ3) is 5.13. The van der Waals surface area contributed by atoms with Gasteiger partial charge in [-0.25, -0.2) is 4.39 Å². The lowest BCUT2D eigenvalue weighted by Gasteiger charge is -2.43. The SMILES string of the molecule is CC(C)[C@@H]1CCC[C@H](c2cccc(CC(C)[C@@]3(C)CCC[C@H](c4ccccc4)C3)c2F)C1. The van der Waals surface area contributed by atoms with Crippen LogP contribution in [-0.2, 0) is 6.42 Å². The summed E-state index contributed by atoms with van der Waals surface area (Å²) in [5.41, 5.74) is 3.70. The number of halogens is 1. The van der Waals surface area contributed by atoms with E-state index in [1.807, 2.05) is 0 Å². The smallest absolute Gasteiger partial charge is 0.129 e. The summed E-state index contributed by atoms with van der Waals surface area (Å²) in [4.78, 5) is 0. The van der Waals surface area contributed by atoms with Gasteiger partial charge in [0.2, 0.25) is 0 Å². The monoisotopic (exact) mass is 434 g/mol. The predicted molar refractivity (Wildman–Crippen MR) is 135 cm³/mol. The van der Waals surface area contributed by atoms with Crippen molar-refractivity contribution in [2.45, 2.75) is 97.3 Å². The summed E-state index contributed by atoms with van der Waals surface area (Å²) >= 11 is 0. The molecule has 5 atom stereocenters. The molecule has 0 amide bonds. The van der Waals surface area contributed by atoms with Crippen LogP contribution in [0, 0.1) is 29.0 Å². The molecule has 0 saturated heterocycles. The maximum Gasteiger partial charge on any atom is 0.129 e. The first-order valence-electron chi connectivity index (χ1n) is 13.2. The first-order valence-corrected chi connectivity index (χ1v) is 13.2. The zero-order valence-corrected chi connectivity index (χ0v) is 20.7. The van der Waals surface area contributed by atoms with Crippen LogP contribution >= 0.6 is 0 Å². The van der Waals surface area contributed by atoms with Crippen LogP contribution in [0.2, 0.25) is 0 Å². The van der Waals surface area contributed by atoms with Crippen LogP contribution < -0.4 is 0 Å². The molecule has 2 aromatic rings. The lowest BCUT2D eigenvalue weighted by molar-refractivity contribution is 0.115. The highest BCUT2D eigenvalue weighted by atomic mass is 19.1. The molecule has 0 aliphatic heterocycles. The average molecular weight is 435 g/mol. The van der Waals surface area contributed by atoms with Crippen molar-refractivity contribution in [1.82, 2.24) is 0 Å². The molecule has 2 fully saturated rings. The van der Waals surface area contributed by atoms with E-state index in [-0.39, 0.29) is 11.2 Å². The second-order valence-corrected chi connectivity index (χ2v) is 11.7. The molecule has 0 heterocycles. The molecule has 0 aromatic heterocycles. The van der Waals surface area contributed by atoms with Crippen LogP contribution in [0.4, 0.5) is 4.39 Å². The van der Waals surface area contributed by atoms with Gasteiger partial charge in [-0.15, -0.1) is 0 Å². The Labute approximate surface area is 196 Å². The average Bonchev–Trinajstić information content (AvgIpc) is 2.81. The minimum atomic E-state index is 0.104. The molecule has 32 heavy (non-hydrogen) atoms. The predicted octanol–water partition coefficient (Wildman–Crippen LogP) is 9.30. The highest BCUT2D eigenvalue weighted by Gasteiger charge is 2.37. The quantitative estimate of drug-likeness (QED) is 0.425. The second-order valence-electron chi connectivity index (χ2n) is 11.7. The molecule has 0 spiro atoms. The molecular formula is C31H43F. The Morgan fingerprint density at radius 3 is 2.41 bits per heavy atom. The largest absolute Gasteiger partial charge is 0.206 e. The van der Waals surface area contributed by atoms with Gasteiger partial charge >= 0.3 is 0 Å². The summed E-state index contributed by atoms with van der Waals surface area (Å²) in [6.07, 6.45) is 10.8. The van der Waals surface area contributed by atoms with E-state index < -0.39 is 0 Å². The topological polar surface area (TPSA) is 0 Å². The molecular weight excluding hydrogens is 391 g/mol. The summed E-state index contributed by atoms with van der Waals surface area (Å²) < 4.78 is 15.8. The molecule has 2 aliphatic carbocycles. The molecule has 0 bridgehead atoms. The van der Waals surface area contributed by atoms with Crippen molar-refractivity contribution in [3.05, 3.63) is 71.0 Å². The van der Waals surface area contributed by atoms with Crippen LogP contribution in [0.3, 0.4) is 0 Å².